The minimum Gasteiger partial charge on any atom is -0.479 e. The molecule has 0 radical (unpaired) electrons. The number of aliphatic carboxylic acids is 1. The molecule has 73 heavy (non-hydrogen) atoms. The molecular weight excluding hydrogens is 925 g/mol. The van der Waals surface area contributed by atoms with Crippen molar-refractivity contribution in [3.63, 3.8) is 0 Å². The Bertz CT molecular complexity index is 1640. The van der Waals surface area contributed by atoms with Gasteiger partial charge >= 0.3 is 23.9 Å². The number of carboxylic acids is 1. The molecule has 0 amide bonds. The Hall–Kier alpha value is -4.36. The Morgan fingerprint density at radius 3 is 1.34 bits per heavy atom. The molecular formula is C61H98O12. The lowest BCUT2D eigenvalue weighted by atomic mass is 9.98. The monoisotopic (exact) mass is 1020 g/mol. The molecule has 1 rings (SSSR count). The number of hydrogen-bond acceptors (Lipinski definition) is 11. The van der Waals surface area contributed by atoms with Crippen LogP contribution in [0.4, 0.5) is 0 Å². The van der Waals surface area contributed by atoms with Gasteiger partial charge in [-0.25, -0.2) is 4.79 Å². The van der Waals surface area contributed by atoms with E-state index < -0.39 is 67.3 Å². The maximum atomic E-state index is 13.1. The molecule has 0 saturated carbocycles. The van der Waals surface area contributed by atoms with Gasteiger partial charge in [0.25, 0.3) is 0 Å². The van der Waals surface area contributed by atoms with Crippen molar-refractivity contribution in [3.8, 4) is 0 Å². The molecule has 0 aromatic carbocycles. The third-order valence-corrected chi connectivity index (χ3v) is 12.2. The molecule has 0 aromatic heterocycles. The van der Waals surface area contributed by atoms with Crippen LogP contribution in [0.25, 0.3) is 0 Å². The van der Waals surface area contributed by atoms with Gasteiger partial charge in [0.1, 0.15) is 18.8 Å². The van der Waals surface area contributed by atoms with Crippen molar-refractivity contribution in [2.45, 2.75) is 250 Å². The Balaban J connectivity index is 2.74. The van der Waals surface area contributed by atoms with Crippen molar-refractivity contribution >= 4 is 23.9 Å². The van der Waals surface area contributed by atoms with Crippen LogP contribution in [0, 0.1) is 0 Å². The predicted octanol–water partition coefficient (Wildman–Crippen LogP) is 14.1. The van der Waals surface area contributed by atoms with Gasteiger partial charge in [-0.2, -0.15) is 0 Å². The Labute approximate surface area is 441 Å². The summed E-state index contributed by atoms with van der Waals surface area (Å²) in [4.78, 5) is 51.0. The normalized spacial score (nSPS) is 19.1. The summed E-state index contributed by atoms with van der Waals surface area (Å²) < 4.78 is 28.3. The first-order valence-corrected chi connectivity index (χ1v) is 28.2. The van der Waals surface area contributed by atoms with Crippen molar-refractivity contribution < 1.29 is 58.2 Å². The van der Waals surface area contributed by atoms with Gasteiger partial charge in [0.2, 0.25) is 0 Å². The maximum Gasteiger partial charge on any atom is 0.335 e. The van der Waals surface area contributed by atoms with Crippen molar-refractivity contribution in [2.75, 3.05) is 13.2 Å². The fourth-order valence-corrected chi connectivity index (χ4v) is 7.88. The first kappa shape index (κ1) is 66.7. The van der Waals surface area contributed by atoms with Crippen molar-refractivity contribution in [1.82, 2.24) is 0 Å². The molecule has 1 fully saturated rings. The molecule has 12 heteroatoms. The van der Waals surface area contributed by atoms with E-state index in [2.05, 4.69) is 118 Å². The number of rotatable bonds is 46. The molecule has 414 valence electrons. The number of ether oxygens (including phenoxy) is 5. The molecule has 0 bridgehead atoms. The third kappa shape index (κ3) is 38.8. The molecule has 6 unspecified atom stereocenters. The van der Waals surface area contributed by atoms with Crippen LogP contribution in [-0.2, 0) is 42.9 Å². The van der Waals surface area contributed by atoms with Crippen LogP contribution in [0.3, 0.4) is 0 Å². The lowest BCUT2D eigenvalue weighted by Crippen LogP contribution is -2.61. The largest absolute Gasteiger partial charge is 0.479 e. The molecule has 1 saturated heterocycles. The lowest BCUT2D eigenvalue weighted by molar-refractivity contribution is -0.301. The summed E-state index contributed by atoms with van der Waals surface area (Å²) in [6.07, 6.45) is 51.0. The number of carboxylic acid groups (broad SMARTS) is 1. The molecule has 0 spiro atoms. The second-order valence-corrected chi connectivity index (χ2v) is 18.8. The molecule has 6 atom stereocenters. The van der Waals surface area contributed by atoms with E-state index in [-0.39, 0.29) is 25.9 Å². The number of carbonyl (C=O) groups excluding carboxylic acids is 3. The Morgan fingerprint density at radius 2 is 0.863 bits per heavy atom. The first-order chi connectivity index (χ1) is 35.6. The summed E-state index contributed by atoms with van der Waals surface area (Å²) in [5, 5.41) is 31.4. The fourth-order valence-electron chi connectivity index (χ4n) is 7.88. The number of hydrogen-bond donors (Lipinski definition) is 3. The molecule has 12 nitrogen and oxygen atoms in total. The van der Waals surface area contributed by atoms with Crippen molar-refractivity contribution in [2.24, 2.45) is 0 Å². The summed E-state index contributed by atoms with van der Waals surface area (Å²) >= 11 is 0. The Morgan fingerprint density at radius 1 is 0.466 bits per heavy atom. The molecule has 0 aromatic rings. The van der Waals surface area contributed by atoms with Gasteiger partial charge < -0.3 is 39.0 Å². The second kappa shape index (κ2) is 48.6. The van der Waals surface area contributed by atoms with Gasteiger partial charge in [-0.3, -0.25) is 14.4 Å². The summed E-state index contributed by atoms with van der Waals surface area (Å²) in [5.74, 6) is -3.21. The quantitative estimate of drug-likeness (QED) is 0.0228. The zero-order chi connectivity index (χ0) is 53.3. The van der Waals surface area contributed by atoms with Crippen LogP contribution in [0.1, 0.15) is 213 Å². The third-order valence-electron chi connectivity index (χ3n) is 12.2. The fraction of sp³-hybridized carbons (Fsp3) is 0.672. The zero-order valence-electron chi connectivity index (χ0n) is 45.3. The highest BCUT2D eigenvalue weighted by molar-refractivity contribution is 5.74. The summed E-state index contributed by atoms with van der Waals surface area (Å²) in [6, 6.07) is 0. The highest BCUT2D eigenvalue weighted by atomic mass is 16.7. The Kier molecular flexibility index (Phi) is 44.4. The smallest absolute Gasteiger partial charge is 0.335 e. The van der Waals surface area contributed by atoms with Crippen LogP contribution in [0.15, 0.2) is 97.2 Å². The molecule has 0 aliphatic carbocycles. The predicted molar refractivity (Wildman–Crippen MR) is 294 cm³/mol. The van der Waals surface area contributed by atoms with E-state index in [1.54, 1.807) is 0 Å². The maximum absolute atomic E-state index is 13.1. The minimum atomic E-state index is -1.92. The van der Waals surface area contributed by atoms with E-state index in [1.807, 2.05) is 0 Å². The number of esters is 3. The molecule has 1 aliphatic heterocycles. The summed E-state index contributed by atoms with van der Waals surface area (Å²) in [7, 11) is 0. The number of aliphatic hydroxyl groups excluding tert-OH is 2. The molecule has 1 heterocycles. The standard InChI is InChI=1S/C61H98O12/c1-4-7-10-13-16-19-22-24-26-27-29-30-33-35-38-41-44-47-53(62)69-50-52(71-54(63)48-45-42-39-36-32-21-18-15-12-9-6-3)51-70-61-59(57(66)56(65)58(73-61)60(67)68)72-55(64)49-46-43-40-37-34-31-28-25-23-20-17-14-11-8-5-2/h7-8,10-11,16-17,19-20,24-26,28-30,34,37,52,56-59,61,65-66H,4-6,9,12-15,18,21-23,27,31-33,35-36,38-51H2,1-3H3,(H,67,68)/b10-7-,11-8-,19-16-,20-17-,26-24-,28-25-,30-29-,37-34-. The van der Waals surface area contributed by atoms with Gasteiger partial charge in [0.15, 0.2) is 24.6 Å². The van der Waals surface area contributed by atoms with Crippen LogP contribution in [0.2, 0.25) is 0 Å². The number of unbranched alkanes of at least 4 members (excludes halogenated alkanes) is 16. The van der Waals surface area contributed by atoms with E-state index >= 15 is 0 Å². The average molecular weight is 1020 g/mol. The first-order valence-electron chi connectivity index (χ1n) is 28.2. The van der Waals surface area contributed by atoms with Gasteiger partial charge in [0.05, 0.1) is 6.61 Å². The SMILES string of the molecule is CC/C=C\C/C=C\C/C=C\C/C=C\CCCCCCC(=O)OCC(COC1OC(C(=O)O)C(O)C(O)C1OC(=O)CCCC/C=C\C/C=C\C/C=C\C/C=C\CC)OC(=O)CCCCCCCCCCCCC. The van der Waals surface area contributed by atoms with Crippen molar-refractivity contribution in [3.05, 3.63) is 97.2 Å². The lowest BCUT2D eigenvalue weighted by Gasteiger charge is -2.40. The highest BCUT2D eigenvalue weighted by Gasteiger charge is 2.50. The van der Waals surface area contributed by atoms with Gasteiger partial charge in [-0.05, 0) is 96.3 Å². The van der Waals surface area contributed by atoms with Crippen LogP contribution < -0.4 is 0 Å². The second-order valence-electron chi connectivity index (χ2n) is 18.8. The summed E-state index contributed by atoms with van der Waals surface area (Å²) in [5.41, 5.74) is 0. The number of aliphatic hydroxyl groups is 2. The van der Waals surface area contributed by atoms with E-state index in [4.69, 9.17) is 23.7 Å². The minimum absolute atomic E-state index is 0.00242. The number of carbonyl (C=O) groups is 4. The van der Waals surface area contributed by atoms with E-state index in [9.17, 15) is 34.5 Å². The van der Waals surface area contributed by atoms with Crippen LogP contribution >= 0.6 is 0 Å². The molecule has 3 N–H and O–H groups in total. The number of allylic oxidation sites excluding steroid dienone is 16. The molecule has 1 aliphatic rings. The van der Waals surface area contributed by atoms with Gasteiger partial charge in [-0.1, -0.05) is 195 Å². The van der Waals surface area contributed by atoms with E-state index in [0.717, 1.165) is 103 Å². The topological polar surface area (TPSA) is 175 Å². The van der Waals surface area contributed by atoms with Crippen LogP contribution in [0.5, 0.6) is 0 Å². The van der Waals surface area contributed by atoms with Crippen LogP contribution in [-0.4, -0.2) is 89.2 Å². The highest BCUT2D eigenvalue weighted by Crippen LogP contribution is 2.26. The van der Waals surface area contributed by atoms with E-state index in [1.165, 1.54) is 44.9 Å². The van der Waals surface area contributed by atoms with E-state index in [0.29, 0.717) is 25.7 Å². The van der Waals surface area contributed by atoms with Gasteiger partial charge in [0, 0.05) is 19.3 Å². The summed E-state index contributed by atoms with van der Waals surface area (Å²) in [6.45, 7) is 5.70. The zero-order valence-corrected chi connectivity index (χ0v) is 45.3. The van der Waals surface area contributed by atoms with Gasteiger partial charge in [-0.15, -0.1) is 0 Å². The average Bonchev–Trinajstić information content (AvgIpc) is 3.37. The van der Waals surface area contributed by atoms with Crippen molar-refractivity contribution in [1.29, 1.82) is 0 Å².